The van der Waals surface area contributed by atoms with Crippen LogP contribution in [0.5, 0.6) is 0 Å². The van der Waals surface area contributed by atoms with Gasteiger partial charge < -0.3 is 10.2 Å². The van der Waals surface area contributed by atoms with Gasteiger partial charge in [-0.3, -0.25) is 0 Å². The van der Waals surface area contributed by atoms with Crippen molar-refractivity contribution in [2.45, 2.75) is 52.0 Å². The van der Waals surface area contributed by atoms with Crippen molar-refractivity contribution in [3.05, 3.63) is 0 Å². The molecule has 0 aliphatic heterocycles. The zero-order chi connectivity index (χ0) is 11.1. The van der Waals surface area contributed by atoms with Crippen molar-refractivity contribution >= 4 is 0 Å². The molecule has 15 heavy (non-hydrogen) atoms. The Labute approximate surface area is 95.4 Å². The lowest BCUT2D eigenvalue weighted by molar-refractivity contribution is 0.175. The van der Waals surface area contributed by atoms with Crippen LogP contribution in [-0.4, -0.2) is 37.6 Å². The average Bonchev–Trinajstić information content (AvgIpc) is 2.68. The SMILES string of the molecule is CNCCCN(CC(C)C)C1CCCC1. The maximum atomic E-state index is 3.24. The van der Waals surface area contributed by atoms with E-state index in [-0.39, 0.29) is 0 Å². The van der Waals surface area contributed by atoms with Gasteiger partial charge in [0, 0.05) is 12.6 Å². The number of nitrogens with zero attached hydrogens (tertiary/aromatic N) is 1. The zero-order valence-corrected chi connectivity index (χ0v) is 10.8. The Kier molecular flexibility index (Phi) is 6.26. The predicted molar refractivity (Wildman–Crippen MR) is 67.2 cm³/mol. The van der Waals surface area contributed by atoms with Crippen LogP contribution >= 0.6 is 0 Å². The largest absolute Gasteiger partial charge is 0.320 e. The summed E-state index contributed by atoms with van der Waals surface area (Å²) in [5.41, 5.74) is 0. The highest BCUT2D eigenvalue weighted by Gasteiger charge is 2.22. The lowest BCUT2D eigenvalue weighted by Gasteiger charge is -2.30. The first kappa shape index (κ1) is 13.0. The van der Waals surface area contributed by atoms with Crippen LogP contribution < -0.4 is 5.32 Å². The molecule has 2 heteroatoms. The van der Waals surface area contributed by atoms with Gasteiger partial charge in [0.15, 0.2) is 0 Å². The molecular weight excluding hydrogens is 184 g/mol. The van der Waals surface area contributed by atoms with Gasteiger partial charge in [-0.15, -0.1) is 0 Å². The maximum Gasteiger partial charge on any atom is 0.00953 e. The van der Waals surface area contributed by atoms with Gasteiger partial charge in [0.25, 0.3) is 0 Å². The molecule has 1 fully saturated rings. The van der Waals surface area contributed by atoms with E-state index in [0.717, 1.165) is 18.5 Å². The van der Waals surface area contributed by atoms with Crippen molar-refractivity contribution in [1.82, 2.24) is 10.2 Å². The second-order valence-corrected chi connectivity index (χ2v) is 5.28. The van der Waals surface area contributed by atoms with Gasteiger partial charge in [0.1, 0.15) is 0 Å². The number of rotatable bonds is 7. The highest BCUT2D eigenvalue weighted by Crippen LogP contribution is 2.24. The number of hydrogen-bond donors (Lipinski definition) is 1. The third-order valence-corrected chi connectivity index (χ3v) is 3.31. The van der Waals surface area contributed by atoms with Crippen LogP contribution in [0, 0.1) is 5.92 Å². The van der Waals surface area contributed by atoms with Gasteiger partial charge in [-0.05, 0) is 45.3 Å². The van der Waals surface area contributed by atoms with Crippen LogP contribution in [0.25, 0.3) is 0 Å². The van der Waals surface area contributed by atoms with Crippen molar-refractivity contribution in [2.24, 2.45) is 5.92 Å². The molecule has 1 aliphatic rings. The summed E-state index contributed by atoms with van der Waals surface area (Å²) in [6, 6.07) is 0.893. The quantitative estimate of drug-likeness (QED) is 0.652. The molecule has 0 radical (unpaired) electrons. The van der Waals surface area contributed by atoms with E-state index in [1.54, 1.807) is 0 Å². The monoisotopic (exact) mass is 212 g/mol. The third kappa shape index (κ3) is 4.98. The van der Waals surface area contributed by atoms with Crippen LogP contribution in [-0.2, 0) is 0 Å². The van der Waals surface area contributed by atoms with Gasteiger partial charge in [-0.25, -0.2) is 0 Å². The standard InChI is InChI=1S/C13H28N2/c1-12(2)11-15(10-6-9-14-3)13-7-4-5-8-13/h12-14H,4-11H2,1-3H3. The van der Waals surface area contributed by atoms with E-state index in [4.69, 9.17) is 0 Å². The number of hydrogen-bond acceptors (Lipinski definition) is 2. The topological polar surface area (TPSA) is 15.3 Å². The molecule has 0 spiro atoms. The van der Waals surface area contributed by atoms with Crippen LogP contribution in [0.4, 0.5) is 0 Å². The molecule has 0 aromatic heterocycles. The summed E-state index contributed by atoms with van der Waals surface area (Å²) in [5.74, 6) is 0.806. The van der Waals surface area contributed by atoms with E-state index in [1.165, 1.54) is 45.2 Å². The Hall–Kier alpha value is -0.0800. The highest BCUT2D eigenvalue weighted by molar-refractivity contribution is 4.78. The Balaban J connectivity index is 2.30. The Bertz CT molecular complexity index is 151. The molecule has 0 bridgehead atoms. The summed E-state index contributed by atoms with van der Waals surface area (Å²) in [6.07, 6.45) is 7.06. The molecule has 0 atom stereocenters. The van der Waals surface area contributed by atoms with E-state index in [0.29, 0.717) is 0 Å². The minimum atomic E-state index is 0.806. The zero-order valence-electron chi connectivity index (χ0n) is 10.8. The smallest absolute Gasteiger partial charge is 0.00953 e. The predicted octanol–water partition coefficient (Wildman–Crippen LogP) is 2.50. The molecule has 90 valence electrons. The van der Waals surface area contributed by atoms with Crippen LogP contribution in [0.1, 0.15) is 46.0 Å². The molecule has 1 aliphatic carbocycles. The normalized spacial score (nSPS) is 18.2. The summed E-state index contributed by atoms with van der Waals surface area (Å²) in [6.45, 7) is 8.39. The first-order valence-corrected chi connectivity index (χ1v) is 6.62. The van der Waals surface area contributed by atoms with E-state index >= 15 is 0 Å². The lowest BCUT2D eigenvalue weighted by Crippen LogP contribution is -2.37. The Morgan fingerprint density at radius 1 is 1.27 bits per heavy atom. The van der Waals surface area contributed by atoms with Gasteiger partial charge in [-0.2, -0.15) is 0 Å². The van der Waals surface area contributed by atoms with E-state index in [9.17, 15) is 0 Å². The summed E-state index contributed by atoms with van der Waals surface area (Å²) in [7, 11) is 2.04. The average molecular weight is 212 g/mol. The Morgan fingerprint density at radius 2 is 1.93 bits per heavy atom. The van der Waals surface area contributed by atoms with Crippen molar-refractivity contribution in [3.8, 4) is 0 Å². The van der Waals surface area contributed by atoms with E-state index < -0.39 is 0 Å². The van der Waals surface area contributed by atoms with Crippen LogP contribution in [0.15, 0.2) is 0 Å². The van der Waals surface area contributed by atoms with Crippen molar-refractivity contribution in [3.63, 3.8) is 0 Å². The molecule has 0 amide bonds. The minimum absolute atomic E-state index is 0.806. The molecular formula is C13H28N2. The summed E-state index contributed by atoms with van der Waals surface area (Å²) in [4.78, 5) is 2.73. The molecule has 2 nitrogen and oxygen atoms in total. The summed E-state index contributed by atoms with van der Waals surface area (Å²) in [5, 5.41) is 3.24. The first-order chi connectivity index (χ1) is 7.24. The van der Waals surface area contributed by atoms with Crippen molar-refractivity contribution in [1.29, 1.82) is 0 Å². The second kappa shape index (κ2) is 7.24. The number of nitrogens with one attached hydrogen (secondary N) is 1. The Morgan fingerprint density at radius 3 is 2.47 bits per heavy atom. The molecule has 1 rings (SSSR count). The molecule has 1 saturated carbocycles. The second-order valence-electron chi connectivity index (χ2n) is 5.28. The molecule has 0 heterocycles. The molecule has 0 aromatic carbocycles. The summed E-state index contributed by atoms with van der Waals surface area (Å²) < 4.78 is 0. The maximum absolute atomic E-state index is 3.24. The lowest BCUT2D eigenvalue weighted by atomic mass is 10.1. The van der Waals surface area contributed by atoms with Crippen molar-refractivity contribution in [2.75, 3.05) is 26.7 Å². The highest BCUT2D eigenvalue weighted by atomic mass is 15.2. The first-order valence-electron chi connectivity index (χ1n) is 6.62. The fourth-order valence-corrected chi connectivity index (χ4v) is 2.62. The molecule has 0 unspecified atom stereocenters. The van der Waals surface area contributed by atoms with Gasteiger partial charge >= 0.3 is 0 Å². The van der Waals surface area contributed by atoms with E-state index in [1.807, 2.05) is 7.05 Å². The fourth-order valence-electron chi connectivity index (χ4n) is 2.62. The van der Waals surface area contributed by atoms with Gasteiger partial charge in [0.05, 0.1) is 0 Å². The third-order valence-electron chi connectivity index (χ3n) is 3.31. The molecule has 1 N–H and O–H groups in total. The van der Waals surface area contributed by atoms with Crippen molar-refractivity contribution < 1.29 is 0 Å². The van der Waals surface area contributed by atoms with Crippen LogP contribution in [0.2, 0.25) is 0 Å². The summed E-state index contributed by atoms with van der Waals surface area (Å²) >= 11 is 0. The van der Waals surface area contributed by atoms with Gasteiger partial charge in [0.2, 0.25) is 0 Å². The minimum Gasteiger partial charge on any atom is -0.320 e. The fraction of sp³-hybridized carbons (Fsp3) is 1.00. The molecule has 0 aromatic rings. The molecule has 0 saturated heterocycles. The van der Waals surface area contributed by atoms with E-state index in [2.05, 4.69) is 24.1 Å². The van der Waals surface area contributed by atoms with Crippen LogP contribution in [0.3, 0.4) is 0 Å². The van der Waals surface area contributed by atoms with Gasteiger partial charge in [-0.1, -0.05) is 26.7 Å².